The van der Waals surface area contributed by atoms with E-state index in [4.69, 9.17) is 4.74 Å². The number of ether oxygens (including phenoxy) is 1. The van der Waals surface area contributed by atoms with Crippen molar-refractivity contribution in [2.45, 2.75) is 44.9 Å². The van der Waals surface area contributed by atoms with E-state index in [2.05, 4.69) is 6.07 Å². The summed E-state index contributed by atoms with van der Waals surface area (Å²) in [5, 5.41) is 0. The molecule has 1 fully saturated rings. The van der Waals surface area contributed by atoms with Crippen molar-refractivity contribution >= 4 is 5.78 Å². The fourth-order valence-electron chi connectivity index (χ4n) is 2.87. The molecule has 2 rings (SSSR count). The van der Waals surface area contributed by atoms with Gasteiger partial charge in [-0.25, -0.2) is 0 Å². The highest BCUT2D eigenvalue weighted by Gasteiger charge is 2.40. The lowest BCUT2D eigenvalue weighted by atomic mass is 9.76. The highest BCUT2D eigenvalue weighted by Crippen LogP contribution is 2.42. The molecule has 0 atom stereocenters. The van der Waals surface area contributed by atoms with Gasteiger partial charge in [-0.1, -0.05) is 25.0 Å². The van der Waals surface area contributed by atoms with Crippen molar-refractivity contribution in [1.82, 2.24) is 0 Å². The molecule has 0 radical (unpaired) electrons. The molecule has 1 saturated carbocycles. The summed E-state index contributed by atoms with van der Waals surface area (Å²) in [6.07, 6.45) is 4.27. The number of carbonyl (C=O) groups excluding carboxylic acids is 1. The molecule has 0 bridgehead atoms. The van der Waals surface area contributed by atoms with Crippen LogP contribution in [0.5, 0.6) is 5.75 Å². The highest BCUT2D eigenvalue weighted by atomic mass is 16.5. The third-order valence-electron chi connectivity index (χ3n) is 3.83. The standard InChI is InChI=1S/C15H20O2/c1-3-17-14-8-6-7-13(11-14)15(12(2)16)9-4-5-10-15/h6-8,11H,3-5,9-10H2,1-2H3. The van der Waals surface area contributed by atoms with Crippen LogP contribution in [-0.4, -0.2) is 12.4 Å². The van der Waals surface area contributed by atoms with Crippen molar-refractivity contribution in [2.75, 3.05) is 6.61 Å². The van der Waals surface area contributed by atoms with Gasteiger partial charge in [0, 0.05) is 0 Å². The van der Waals surface area contributed by atoms with E-state index < -0.39 is 0 Å². The molecule has 0 amide bonds. The van der Waals surface area contributed by atoms with Crippen LogP contribution in [0.1, 0.15) is 45.1 Å². The lowest BCUT2D eigenvalue weighted by Crippen LogP contribution is -2.30. The number of hydrogen-bond donors (Lipinski definition) is 0. The van der Waals surface area contributed by atoms with Gasteiger partial charge in [0.2, 0.25) is 0 Å². The van der Waals surface area contributed by atoms with E-state index in [1.165, 1.54) is 0 Å². The topological polar surface area (TPSA) is 26.3 Å². The predicted molar refractivity (Wildman–Crippen MR) is 68.4 cm³/mol. The number of benzene rings is 1. The molecule has 2 heteroatoms. The van der Waals surface area contributed by atoms with Crippen LogP contribution in [0.15, 0.2) is 24.3 Å². The molecule has 1 aliphatic carbocycles. The summed E-state index contributed by atoms with van der Waals surface area (Å²) in [6, 6.07) is 8.05. The molecular weight excluding hydrogens is 212 g/mol. The number of carbonyl (C=O) groups is 1. The molecule has 1 aliphatic rings. The summed E-state index contributed by atoms with van der Waals surface area (Å²) in [4.78, 5) is 12.0. The van der Waals surface area contributed by atoms with Crippen molar-refractivity contribution in [3.05, 3.63) is 29.8 Å². The molecule has 1 aromatic carbocycles. The van der Waals surface area contributed by atoms with E-state index in [0.29, 0.717) is 12.4 Å². The van der Waals surface area contributed by atoms with E-state index >= 15 is 0 Å². The summed E-state index contributed by atoms with van der Waals surface area (Å²) in [7, 11) is 0. The van der Waals surface area contributed by atoms with Crippen molar-refractivity contribution in [1.29, 1.82) is 0 Å². The van der Waals surface area contributed by atoms with Crippen LogP contribution in [0.2, 0.25) is 0 Å². The van der Waals surface area contributed by atoms with Gasteiger partial charge in [-0.15, -0.1) is 0 Å². The Balaban J connectivity index is 2.36. The fraction of sp³-hybridized carbons (Fsp3) is 0.533. The van der Waals surface area contributed by atoms with Gasteiger partial charge in [-0.2, -0.15) is 0 Å². The molecule has 0 aliphatic heterocycles. The molecule has 0 unspecified atom stereocenters. The summed E-state index contributed by atoms with van der Waals surface area (Å²) in [6.45, 7) is 4.36. The van der Waals surface area contributed by atoms with Crippen LogP contribution in [0.3, 0.4) is 0 Å². The zero-order chi connectivity index (χ0) is 12.3. The number of Topliss-reactive ketones (excluding diaryl/α,β-unsaturated/α-hetero) is 1. The molecule has 0 aromatic heterocycles. The zero-order valence-corrected chi connectivity index (χ0v) is 10.7. The SMILES string of the molecule is CCOc1cccc(C2(C(C)=O)CCCC2)c1. The van der Waals surface area contributed by atoms with Crippen LogP contribution in [0, 0.1) is 0 Å². The highest BCUT2D eigenvalue weighted by molar-refractivity contribution is 5.88. The maximum atomic E-state index is 12.0. The van der Waals surface area contributed by atoms with Crippen LogP contribution in [-0.2, 0) is 10.2 Å². The number of hydrogen-bond acceptors (Lipinski definition) is 2. The smallest absolute Gasteiger partial charge is 0.140 e. The van der Waals surface area contributed by atoms with Gasteiger partial charge in [0.1, 0.15) is 11.5 Å². The normalized spacial score (nSPS) is 18.0. The summed E-state index contributed by atoms with van der Waals surface area (Å²) < 4.78 is 5.52. The third kappa shape index (κ3) is 2.21. The van der Waals surface area contributed by atoms with Gasteiger partial charge in [0.15, 0.2) is 0 Å². The van der Waals surface area contributed by atoms with Crippen molar-refractivity contribution < 1.29 is 9.53 Å². The van der Waals surface area contributed by atoms with E-state index in [9.17, 15) is 4.79 Å². The third-order valence-corrected chi connectivity index (χ3v) is 3.83. The summed E-state index contributed by atoms with van der Waals surface area (Å²) >= 11 is 0. The predicted octanol–water partition coefficient (Wildman–Crippen LogP) is 3.49. The molecule has 2 nitrogen and oxygen atoms in total. The Bertz CT molecular complexity index is 403. The van der Waals surface area contributed by atoms with Crippen LogP contribution >= 0.6 is 0 Å². The Morgan fingerprint density at radius 1 is 1.35 bits per heavy atom. The lowest BCUT2D eigenvalue weighted by Gasteiger charge is -2.26. The summed E-state index contributed by atoms with van der Waals surface area (Å²) in [5.74, 6) is 1.17. The van der Waals surface area contributed by atoms with Gasteiger partial charge in [0.05, 0.1) is 12.0 Å². The average Bonchev–Trinajstić information content (AvgIpc) is 2.80. The van der Waals surface area contributed by atoms with Gasteiger partial charge in [-0.05, 0) is 44.4 Å². The second-order valence-electron chi connectivity index (χ2n) is 4.81. The van der Waals surface area contributed by atoms with Crippen molar-refractivity contribution in [3.8, 4) is 5.75 Å². The quantitative estimate of drug-likeness (QED) is 0.794. The monoisotopic (exact) mass is 232 g/mol. The average molecular weight is 232 g/mol. The largest absolute Gasteiger partial charge is 0.494 e. The van der Waals surface area contributed by atoms with E-state index in [-0.39, 0.29) is 5.41 Å². The van der Waals surface area contributed by atoms with Crippen molar-refractivity contribution in [2.24, 2.45) is 0 Å². The Morgan fingerprint density at radius 2 is 2.06 bits per heavy atom. The molecule has 0 saturated heterocycles. The first-order valence-electron chi connectivity index (χ1n) is 6.43. The molecule has 0 spiro atoms. The van der Waals surface area contributed by atoms with Gasteiger partial charge in [-0.3, -0.25) is 4.79 Å². The number of ketones is 1. The molecule has 17 heavy (non-hydrogen) atoms. The first kappa shape index (κ1) is 12.2. The maximum absolute atomic E-state index is 12.0. The van der Waals surface area contributed by atoms with E-state index in [0.717, 1.165) is 37.0 Å². The first-order valence-corrected chi connectivity index (χ1v) is 6.43. The van der Waals surface area contributed by atoms with Crippen LogP contribution < -0.4 is 4.74 Å². The van der Waals surface area contributed by atoms with Gasteiger partial charge >= 0.3 is 0 Å². The number of rotatable bonds is 4. The molecule has 1 aromatic rings. The summed E-state index contributed by atoms with van der Waals surface area (Å²) in [5.41, 5.74) is 0.890. The Kier molecular flexibility index (Phi) is 3.51. The minimum absolute atomic E-state index is 0.243. The van der Waals surface area contributed by atoms with Gasteiger partial charge in [0.25, 0.3) is 0 Å². The Hall–Kier alpha value is -1.31. The Morgan fingerprint density at radius 3 is 2.65 bits per heavy atom. The molecule has 92 valence electrons. The molecule has 0 N–H and O–H groups in total. The minimum atomic E-state index is -0.243. The maximum Gasteiger partial charge on any atom is 0.140 e. The van der Waals surface area contributed by atoms with Crippen molar-refractivity contribution in [3.63, 3.8) is 0 Å². The first-order chi connectivity index (χ1) is 8.19. The molecule has 0 heterocycles. The Labute approximate surface area is 103 Å². The minimum Gasteiger partial charge on any atom is -0.494 e. The van der Waals surface area contributed by atoms with Crippen LogP contribution in [0.25, 0.3) is 0 Å². The second kappa shape index (κ2) is 4.91. The zero-order valence-electron chi connectivity index (χ0n) is 10.7. The lowest BCUT2D eigenvalue weighted by molar-refractivity contribution is -0.122. The fourth-order valence-corrected chi connectivity index (χ4v) is 2.87. The van der Waals surface area contributed by atoms with E-state index in [1.54, 1.807) is 6.92 Å². The van der Waals surface area contributed by atoms with Crippen LogP contribution in [0.4, 0.5) is 0 Å². The van der Waals surface area contributed by atoms with Gasteiger partial charge < -0.3 is 4.74 Å². The molecular formula is C15H20O2. The van der Waals surface area contributed by atoms with E-state index in [1.807, 2.05) is 25.1 Å². The second-order valence-corrected chi connectivity index (χ2v) is 4.81.